The Morgan fingerprint density at radius 2 is 1.35 bits per heavy atom. The van der Waals surface area contributed by atoms with E-state index in [9.17, 15) is 0 Å². The number of allylic oxidation sites excluding steroid dienone is 3. The van der Waals surface area contributed by atoms with E-state index in [2.05, 4.69) is 102 Å². The lowest BCUT2D eigenvalue weighted by Crippen LogP contribution is -2.12. The molecule has 3 aromatic heterocycles. The van der Waals surface area contributed by atoms with E-state index in [1.165, 1.54) is 52.8 Å². The highest BCUT2D eigenvalue weighted by Gasteiger charge is 2.22. The lowest BCUT2D eigenvalue weighted by Gasteiger charge is -2.18. The number of rotatable bonds is 7. The van der Waals surface area contributed by atoms with Crippen LogP contribution in [0, 0.1) is 6.92 Å². The number of benzene rings is 6. The van der Waals surface area contributed by atoms with Gasteiger partial charge < -0.3 is 9.30 Å². The van der Waals surface area contributed by atoms with Gasteiger partial charge in [-0.2, -0.15) is 0 Å². The molecular weight excluding hydrogens is 643 g/mol. The van der Waals surface area contributed by atoms with Crippen molar-refractivity contribution in [3.05, 3.63) is 157 Å². The Kier molecular flexibility index (Phi) is 7.71. The molecule has 0 radical (unpaired) electrons. The molecule has 9 aromatic rings. The van der Waals surface area contributed by atoms with Gasteiger partial charge in [-0.3, -0.25) is 0 Å². The molecule has 246 valence electrons. The minimum atomic E-state index is -0.167. The van der Waals surface area contributed by atoms with Gasteiger partial charge in [-0.05, 0) is 51.1 Å². The highest BCUT2D eigenvalue weighted by Crippen LogP contribution is 2.48. The predicted octanol–water partition coefficient (Wildman–Crippen LogP) is 12.6. The summed E-state index contributed by atoms with van der Waals surface area (Å²) in [5, 5.41) is 7.73. The average molecular weight is 678 g/mol. The van der Waals surface area contributed by atoms with E-state index in [0.717, 1.165) is 28.2 Å². The number of fused-ring (bicyclic) bond motifs is 10. The second kappa shape index (κ2) is 12.7. The summed E-state index contributed by atoms with van der Waals surface area (Å²) in [5.74, 6) is 1.37. The first-order valence-electron chi connectivity index (χ1n) is 17.4. The number of aromatic nitrogens is 3. The van der Waals surface area contributed by atoms with Crippen molar-refractivity contribution in [2.24, 2.45) is 0 Å². The molecule has 3 heterocycles. The Bertz CT molecular complexity index is 2810. The summed E-state index contributed by atoms with van der Waals surface area (Å²) in [7, 11) is 0. The maximum absolute atomic E-state index is 6.55. The van der Waals surface area contributed by atoms with Crippen molar-refractivity contribution in [3.63, 3.8) is 0 Å². The molecule has 9 rings (SSSR count). The van der Waals surface area contributed by atoms with Gasteiger partial charge >= 0.3 is 0 Å². The minimum absolute atomic E-state index is 0.167. The van der Waals surface area contributed by atoms with E-state index in [4.69, 9.17) is 14.7 Å². The maximum Gasteiger partial charge on any atom is 0.167 e. The molecule has 4 nitrogen and oxygen atoms in total. The van der Waals surface area contributed by atoms with Crippen molar-refractivity contribution in [2.75, 3.05) is 0 Å². The molecule has 0 bridgehead atoms. The van der Waals surface area contributed by atoms with E-state index < -0.39 is 0 Å². The van der Waals surface area contributed by atoms with Crippen molar-refractivity contribution >= 4 is 64.1 Å². The van der Waals surface area contributed by atoms with E-state index in [-0.39, 0.29) is 6.10 Å². The number of para-hydroxylation sites is 1. The van der Waals surface area contributed by atoms with E-state index in [0.29, 0.717) is 11.6 Å². The minimum Gasteiger partial charge on any atom is -0.482 e. The molecule has 0 N–H and O–H groups in total. The maximum atomic E-state index is 6.55. The third kappa shape index (κ3) is 5.20. The molecule has 51 heavy (non-hydrogen) atoms. The summed E-state index contributed by atoms with van der Waals surface area (Å²) in [4.78, 5) is 10.0. The van der Waals surface area contributed by atoms with Gasteiger partial charge in [0.1, 0.15) is 11.8 Å². The van der Waals surface area contributed by atoms with Crippen molar-refractivity contribution < 1.29 is 4.74 Å². The van der Waals surface area contributed by atoms with Gasteiger partial charge in [-0.15, -0.1) is 11.3 Å². The monoisotopic (exact) mass is 677 g/mol. The SMILES string of the molecule is C/C=C\C=C/C(C)Oc1c(C)nc(-c2ccccc2)nc1-c1ccc(-n2c3ccccc3c3c4c5ccccc5sc4c4ccccc4c32)cc1. The zero-order valence-corrected chi connectivity index (χ0v) is 29.5. The Labute approximate surface area is 300 Å². The van der Waals surface area contributed by atoms with Crippen LogP contribution in [0.25, 0.3) is 81.1 Å². The Morgan fingerprint density at radius 1 is 0.667 bits per heavy atom. The van der Waals surface area contributed by atoms with Crippen LogP contribution in [0.1, 0.15) is 19.5 Å². The number of ether oxygens (including phenoxy) is 1. The lowest BCUT2D eigenvalue weighted by atomic mass is 10.00. The van der Waals surface area contributed by atoms with E-state index >= 15 is 0 Å². The zero-order valence-electron chi connectivity index (χ0n) is 28.7. The first-order valence-corrected chi connectivity index (χ1v) is 18.2. The van der Waals surface area contributed by atoms with E-state index in [1.54, 1.807) is 0 Å². The molecule has 1 atom stereocenters. The number of thiophene rings is 1. The van der Waals surface area contributed by atoms with Crippen LogP contribution in [-0.4, -0.2) is 20.6 Å². The molecule has 0 fully saturated rings. The fourth-order valence-electron chi connectivity index (χ4n) is 7.33. The first kappa shape index (κ1) is 31.0. The molecule has 1 unspecified atom stereocenters. The number of hydrogen-bond acceptors (Lipinski definition) is 4. The highest BCUT2D eigenvalue weighted by molar-refractivity contribution is 7.27. The molecule has 0 saturated heterocycles. The van der Waals surface area contributed by atoms with Gasteiger partial charge in [-0.25, -0.2) is 9.97 Å². The van der Waals surface area contributed by atoms with Gasteiger partial charge in [0, 0.05) is 58.5 Å². The van der Waals surface area contributed by atoms with Gasteiger partial charge in [0.2, 0.25) is 0 Å². The van der Waals surface area contributed by atoms with Crippen molar-refractivity contribution in [2.45, 2.75) is 26.9 Å². The summed E-state index contributed by atoms with van der Waals surface area (Å²) >= 11 is 1.89. The summed E-state index contributed by atoms with van der Waals surface area (Å²) in [6.07, 6.45) is 7.89. The van der Waals surface area contributed by atoms with Gasteiger partial charge in [0.05, 0.1) is 16.7 Å². The fourth-order valence-corrected chi connectivity index (χ4v) is 8.58. The van der Waals surface area contributed by atoms with Crippen LogP contribution < -0.4 is 4.74 Å². The molecule has 6 aromatic carbocycles. The topological polar surface area (TPSA) is 39.9 Å². The van der Waals surface area contributed by atoms with Crippen molar-refractivity contribution in [1.82, 2.24) is 14.5 Å². The summed E-state index contributed by atoms with van der Waals surface area (Å²) in [5.41, 5.74) is 7.02. The van der Waals surface area contributed by atoms with Crippen LogP contribution in [0.3, 0.4) is 0 Å². The molecule has 0 spiro atoms. The molecule has 5 heteroatoms. The molecular formula is C46H35N3OS. The van der Waals surface area contributed by atoms with Crippen LogP contribution in [0.2, 0.25) is 0 Å². The third-order valence-corrected chi connectivity index (χ3v) is 10.8. The van der Waals surface area contributed by atoms with Crippen molar-refractivity contribution in [1.29, 1.82) is 0 Å². The fraction of sp³-hybridized carbons (Fsp3) is 0.0870. The number of nitrogens with zero attached hydrogens (tertiary/aromatic N) is 3. The van der Waals surface area contributed by atoms with Crippen LogP contribution in [0.15, 0.2) is 152 Å². The number of hydrogen-bond donors (Lipinski definition) is 0. The van der Waals surface area contributed by atoms with Crippen LogP contribution in [0.5, 0.6) is 5.75 Å². The van der Waals surface area contributed by atoms with Crippen LogP contribution in [0.4, 0.5) is 0 Å². The average Bonchev–Trinajstić information content (AvgIpc) is 3.73. The van der Waals surface area contributed by atoms with Gasteiger partial charge in [0.15, 0.2) is 11.6 Å². The highest BCUT2D eigenvalue weighted by atomic mass is 32.1. The Hall–Kier alpha value is -6.04. The number of aryl methyl sites for hydroxylation is 1. The predicted molar refractivity (Wildman–Crippen MR) is 216 cm³/mol. The second-order valence-corrected chi connectivity index (χ2v) is 13.9. The summed E-state index contributed by atoms with van der Waals surface area (Å²) in [6, 6.07) is 45.4. The quantitative estimate of drug-likeness (QED) is 0.158. The summed E-state index contributed by atoms with van der Waals surface area (Å²) < 4.78 is 11.6. The van der Waals surface area contributed by atoms with Crippen LogP contribution >= 0.6 is 11.3 Å². The Morgan fingerprint density at radius 3 is 2.14 bits per heavy atom. The zero-order chi connectivity index (χ0) is 34.5. The standard InChI is InChI=1S/C46H35N3OS/c1-4-5-7-16-29(2)50-44-30(3)47-46(32-17-8-6-9-18-32)48-42(44)31-25-27-33(28-26-31)49-38-23-14-12-21-36(38)40-41-37-22-13-15-24-39(37)51-45(41)35-20-11-10-19-34(35)43(40)49/h4-29H,1-3H3/b5-4-,16-7-. The molecule has 0 saturated carbocycles. The van der Waals surface area contributed by atoms with Gasteiger partial charge in [-0.1, -0.05) is 121 Å². The van der Waals surface area contributed by atoms with Crippen molar-refractivity contribution in [3.8, 4) is 34.1 Å². The molecule has 0 aliphatic heterocycles. The first-order chi connectivity index (χ1) is 25.1. The normalized spacial score (nSPS) is 12.8. The van der Waals surface area contributed by atoms with Gasteiger partial charge in [0.25, 0.3) is 0 Å². The molecule has 0 amide bonds. The Balaban J connectivity index is 1.26. The lowest BCUT2D eigenvalue weighted by molar-refractivity contribution is 0.267. The van der Waals surface area contributed by atoms with Crippen LogP contribution in [-0.2, 0) is 0 Å². The molecule has 0 aliphatic rings. The third-order valence-electron chi connectivity index (χ3n) is 9.60. The second-order valence-electron chi connectivity index (χ2n) is 12.9. The summed E-state index contributed by atoms with van der Waals surface area (Å²) in [6.45, 7) is 6.05. The molecule has 0 aliphatic carbocycles. The largest absolute Gasteiger partial charge is 0.482 e. The van der Waals surface area contributed by atoms with E-state index in [1.807, 2.05) is 86.7 Å². The smallest absolute Gasteiger partial charge is 0.167 e.